The summed E-state index contributed by atoms with van der Waals surface area (Å²) in [6.07, 6.45) is 0. The third-order valence-electron chi connectivity index (χ3n) is 11.8. The van der Waals surface area contributed by atoms with Crippen molar-refractivity contribution < 1.29 is 0 Å². The Morgan fingerprint density at radius 2 is 0.683 bits per heavy atom. The van der Waals surface area contributed by atoms with E-state index in [-0.39, 0.29) is 0 Å². The summed E-state index contributed by atoms with van der Waals surface area (Å²) in [5.41, 5.74) is 16.4. The molecule has 0 atom stereocenters. The number of fused-ring (bicyclic) bond motifs is 4. The first-order valence-electron chi connectivity index (χ1n) is 20.6. The summed E-state index contributed by atoms with van der Waals surface area (Å²) in [5, 5.41) is 5.04. The number of para-hydroxylation sites is 2. The molecule has 11 rings (SSSR count). The third kappa shape index (κ3) is 6.41. The Kier molecular flexibility index (Phi) is 8.87. The monoisotopic (exact) mass is 764 g/mol. The molecule has 282 valence electrons. The highest BCUT2D eigenvalue weighted by atomic mass is 15.1. The molecule has 0 amide bonds. The standard InChI is InChI=1S/C58H40N2/c1-2-13-41(14-3-1)46-17-10-18-47(39-46)42-27-33-49(34-28-42)59(51-37-31-45(32-38-51)54-24-12-16-44-15-4-5-21-53(44)54)50-35-29-43(30-36-50)48-19-11-20-52(40-48)60-57-25-8-6-22-55(57)56-23-7-9-26-58(56)60/h1-40H. The lowest BCUT2D eigenvalue weighted by molar-refractivity contribution is 1.18. The molecule has 0 bridgehead atoms. The van der Waals surface area contributed by atoms with Crippen LogP contribution in [0.15, 0.2) is 243 Å². The summed E-state index contributed by atoms with van der Waals surface area (Å²) in [6.45, 7) is 0. The third-order valence-corrected chi connectivity index (χ3v) is 11.8. The van der Waals surface area contributed by atoms with E-state index in [1.165, 1.54) is 77.1 Å². The molecular weight excluding hydrogens is 725 g/mol. The Morgan fingerprint density at radius 1 is 0.267 bits per heavy atom. The van der Waals surface area contributed by atoms with Crippen LogP contribution in [0.4, 0.5) is 17.1 Å². The second kappa shape index (κ2) is 15.1. The minimum atomic E-state index is 1.09. The molecule has 0 saturated heterocycles. The predicted octanol–water partition coefficient (Wildman–Crippen LogP) is 16.1. The zero-order valence-electron chi connectivity index (χ0n) is 33.0. The van der Waals surface area contributed by atoms with Crippen molar-refractivity contribution in [1.29, 1.82) is 0 Å². The van der Waals surface area contributed by atoms with Gasteiger partial charge in [-0.15, -0.1) is 0 Å². The maximum Gasteiger partial charge on any atom is 0.0541 e. The first-order chi connectivity index (χ1) is 29.7. The van der Waals surface area contributed by atoms with Gasteiger partial charge in [0.1, 0.15) is 0 Å². The highest BCUT2D eigenvalue weighted by Crippen LogP contribution is 2.40. The molecule has 0 aliphatic carbocycles. The average molecular weight is 765 g/mol. The van der Waals surface area contributed by atoms with E-state index in [0.29, 0.717) is 0 Å². The Bertz CT molecular complexity index is 3230. The van der Waals surface area contributed by atoms with E-state index >= 15 is 0 Å². The fourth-order valence-corrected chi connectivity index (χ4v) is 8.85. The molecule has 0 unspecified atom stereocenters. The lowest BCUT2D eigenvalue weighted by atomic mass is 9.97. The van der Waals surface area contributed by atoms with Gasteiger partial charge in [-0.1, -0.05) is 176 Å². The molecule has 10 aromatic carbocycles. The van der Waals surface area contributed by atoms with E-state index in [1.807, 2.05) is 0 Å². The molecule has 0 fully saturated rings. The number of anilines is 3. The predicted molar refractivity (Wildman–Crippen MR) is 255 cm³/mol. The molecule has 0 N–H and O–H groups in total. The van der Waals surface area contributed by atoms with Gasteiger partial charge >= 0.3 is 0 Å². The first kappa shape index (κ1) is 35.2. The fourth-order valence-electron chi connectivity index (χ4n) is 8.85. The average Bonchev–Trinajstić information content (AvgIpc) is 3.67. The Morgan fingerprint density at radius 3 is 1.28 bits per heavy atom. The van der Waals surface area contributed by atoms with Crippen molar-refractivity contribution >= 4 is 49.6 Å². The molecule has 2 nitrogen and oxygen atoms in total. The van der Waals surface area contributed by atoms with E-state index in [0.717, 1.165) is 22.7 Å². The van der Waals surface area contributed by atoms with Crippen LogP contribution in [0.5, 0.6) is 0 Å². The number of hydrogen-bond acceptors (Lipinski definition) is 1. The fraction of sp³-hybridized carbons (Fsp3) is 0. The van der Waals surface area contributed by atoms with Gasteiger partial charge in [-0.25, -0.2) is 0 Å². The van der Waals surface area contributed by atoms with E-state index in [9.17, 15) is 0 Å². The van der Waals surface area contributed by atoms with Crippen molar-refractivity contribution in [2.75, 3.05) is 4.90 Å². The number of benzene rings is 10. The van der Waals surface area contributed by atoms with Crippen molar-refractivity contribution in [2.24, 2.45) is 0 Å². The molecule has 2 heteroatoms. The van der Waals surface area contributed by atoms with Gasteiger partial charge in [0, 0.05) is 33.5 Å². The SMILES string of the molecule is c1ccc(-c2cccc(-c3ccc(N(c4ccc(-c5cccc(-n6c7ccccc7c7ccccc76)c5)cc4)c4ccc(-c5cccc6ccccc56)cc4)cc3)c2)cc1. The summed E-state index contributed by atoms with van der Waals surface area (Å²) in [6, 6.07) is 87.8. The van der Waals surface area contributed by atoms with E-state index in [1.54, 1.807) is 0 Å². The van der Waals surface area contributed by atoms with Crippen LogP contribution in [0.3, 0.4) is 0 Å². The molecule has 11 aromatic rings. The number of hydrogen-bond donors (Lipinski definition) is 0. The van der Waals surface area contributed by atoms with Gasteiger partial charge in [-0.3, -0.25) is 0 Å². The van der Waals surface area contributed by atoms with Crippen molar-refractivity contribution in [1.82, 2.24) is 4.57 Å². The van der Waals surface area contributed by atoms with Gasteiger partial charge in [-0.2, -0.15) is 0 Å². The topological polar surface area (TPSA) is 8.17 Å². The van der Waals surface area contributed by atoms with Crippen LogP contribution in [0, 0.1) is 0 Å². The number of aromatic nitrogens is 1. The zero-order chi connectivity index (χ0) is 39.8. The highest BCUT2D eigenvalue weighted by Gasteiger charge is 2.16. The van der Waals surface area contributed by atoms with Crippen LogP contribution in [0.1, 0.15) is 0 Å². The first-order valence-corrected chi connectivity index (χ1v) is 20.6. The van der Waals surface area contributed by atoms with Crippen molar-refractivity contribution in [3.05, 3.63) is 243 Å². The maximum absolute atomic E-state index is 2.38. The van der Waals surface area contributed by atoms with E-state index in [4.69, 9.17) is 0 Å². The van der Waals surface area contributed by atoms with Gasteiger partial charge in [-0.05, 0) is 122 Å². The molecule has 60 heavy (non-hydrogen) atoms. The van der Waals surface area contributed by atoms with Crippen LogP contribution in [0.25, 0.3) is 82.8 Å². The van der Waals surface area contributed by atoms with Gasteiger partial charge in [0.25, 0.3) is 0 Å². The second-order valence-corrected chi connectivity index (χ2v) is 15.4. The summed E-state index contributed by atoms with van der Waals surface area (Å²) >= 11 is 0. The Hall–Kier alpha value is -7.94. The van der Waals surface area contributed by atoms with Gasteiger partial charge in [0.2, 0.25) is 0 Å². The van der Waals surface area contributed by atoms with Crippen LogP contribution >= 0.6 is 0 Å². The molecular formula is C58H40N2. The van der Waals surface area contributed by atoms with Crippen LogP contribution in [0.2, 0.25) is 0 Å². The maximum atomic E-state index is 2.38. The van der Waals surface area contributed by atoms with Gasteiger partial charge < -0.3 is 9.47 Å². The number of rotatable bonds is 8. The molecule has 0 aliphatic rings. The van der Waals surface area contributed by atoms with Crippen molar-refractivity contribution in [3.8, 4) is 50.2 Å². The van der Waals surface area contributed by atoms with Gasteiger partial charge in [0.15, 0.2) is 0 Å². The van der Waals surface area contributed by atoms with Crippen LogP contribution in [-0.4, -0.2) is 4.57 Å². The normalized spacial score (nSPS) is 11.3. The largest absolute Gasteiger partial charge is 0.311 e. The molecule has 1 heterocycles. The lowest BCUT2D eigenvalue weighted by Gasteiger charge is -2.26. The minimum absolute atomic E-state index is 1.09. The quantitative estimate of drug-likeness (QED) is 0.150. The molecule has 0 saturated carbocycles. The molecule has 0 aliphatic heterocycles. The summed E-state index contributed by atoms with van der Waals surface area (Å²) in [7, 11) is 0. The molecule has 0 spiro atoms. The molecule has 1 aromatic heterocycles. The van der Waals surface area contributed by atoms with Crippen LogP contribution in [-0.2, 0) is 0 Å². The molecule has 0 radical (unpaired) electrons. The lowest BCUT2D eigenvalue weighted by Crippen LogP contribution is -2.09. The number of nitrogens with zero attached hydrogens (tertiary/aromatic N) is 2. The highest BCUT2D eigenvalue weighted by molar-refractivity contribution is 6.09. The van der Waals surface area contributed by atoms with E-state index in [2.05, 4.69) is 252 Å². The van der Waals surface area contributed by atoms with Crippen molar-refractivity contribution in [2.45, 2.75) is 0 Å². The summed E-state index contributed by atoms with van der Waals surface area (Å²) in [4.78, 5) is 2.36. The Labute approximate surface area is 350 Å². The zero-order valence-corrected chi connectivity index (χ0v) is 33.0. The summed E-state index contributed by atoms with van der Waals surface area (Å²) < 4.78 is 2.38. The van der Waals surface area contributed by atoms with Crippen molar-refractivity contribution in [3.63, 3.8) is 0 Å². The second-order valence-electron chi connectivity index (χ2n) is 15.4. The van der Waals surface area contributed by atoms with E-state index < -0.39 is 0 Å². The van der Waals surface area contributed by atoms with Crippen LogP contribution < -0.4 is 4.90 Å². The van der Waals surface area contributed by atoms with Gasteiger partial charge in [0.05, 0.1) is 11.0 Å². The summed E-state index contributed by atoms with van der Waals surface area (Å²) in [5.74, 6) is 0. The smallest absolute Gasteiger partial charge is 0.0541 e. The Balaban J connectivity index is 0.965. The minimum Gasteiger partial charge on any atom is -0.311 e.